The van der Waals surface area contributed by atoms with E-state index in [9.17, 15) is 15.2 Å². The number of hydrogen-bond donors (Lipinski definition) is 1. The summed E-state index contributed by atoms with van der Waals surface area (Å²) in [5.41, 5.74) is 9.94. The van der Waals surface area contributed by atoms with Crippen molar-refractivity contribution in [2.24, 2.45) is 16.9 Å². The Balaban J connectivity index is 1.70. The number of halogens is 1. The molecular formula is C26H27AsClN3O2. The van der Waals surface area contributed by atoms with Gasteiger partial charge in [0.25, 0.3) is 0 Å². The molecule has 3 aliphatic rings. The molecule has 0 amide bonds. The van der Waals surface area contributed by atoms with Gasteiger partial charge in [-0.3, -0.25) is 0 Å². The van der Waals surface area contributed by atoms with E-state index < -0.39 is 20.6 Å². The number of fused-ring (bicyclic) bond motifs is 3. The van der Waals surface area contributed by atoms with Crippen LogP contribution < -0.4 is 5.01 Å². The first kappa shape index (κ1) is 22.5. The third-order valence-electron chi connectivity index (χ3n) is 7.71. The predicted molar refractivity (Wildman–Crippen MR) is 133 cm³/mol. The first-order valence-corrected chi connectivity index (χ1v) is 16.6. The van der Waals surface area contributed by atoms with Crippen LogP contribution in [-0.4, -0.2) is 35.8 Å². The molecule has 2 aromatic carbocycles. The molecule has 7 heteroatoms. The van der Waals surface area contributed by atoms with Gasteiger partial charge in [0, 0.05) is 0 Å². The number of anilines is 1. The van der Waals surface area contributed by atoms with Crippen molar-refractivity contribution in [3.8, 4) is 6.07 Å². The van der Waals surface area contributed by atoms with Gasteiger partial charge >= 0.3 is 205 Å². The number of carboxylic acids is 1. The number of hydrogen-bond acceptors (Lipinski definition) is 4. The van der Waals surface area contributed by atoms with Crippen LogP contribution in [0.1, 0.15) is 59.2 Å². The average molecular weight is 524 g/mol. The summed E-state index contributed by atoms with van der Waals surface area (Å²) in [6, 6.07) is 13.3. The molecule has 1 aliphatic heterocycles. The number of rotatable bonds is 4. The van der Waals surface area contributed by atoms with E-state index in [1.54, 1.807) is 12.1 Å². The van der Waals surface area contributed by atoms with Gasteiger partial charge in [0.05, 0.1) is 0 Å². The second kappa shape index (κ2) is 8.49. The van der Waals surface area contributed by atoms with Crippen LogP contribution in [0.25, 0.3) is 0 Å². The van der Waals surface area contributed by atoms with Crippen molar-refractivity contribution in [3.05, 3.63) is 63.7 Å². The van der Waals surface area contributed by atoms with Crippen molar-refractivity contribution in [1.82, 2.24) is 0 Å². The van der Waals surface area contributed by atoms with E-state index in [4.69, 9.17) is 16.7 Å². The molecule has 2 unspecified atom stereocenters. The Bertz CT molecular complexity index is 1200. The van der Waals surface area contributed by atoms with Crippen LogP contribution >= 0.6 is 11.6 Å². The molecule has 0 aromatic heterocycles. The molecule has 170 valence electrons. The molecule has 33 heavy (non-hydrogen) atoms. The van der Waals surface area contributed by atoms with E-state index in [-0.39, 0.29) is 4.33 Å². The Labute approximate surface area is 204 Å². The third kappa shape index (κ3) is 3.42. The average Bonchev–Trinajstić information content (AvgIpc) is 3.45. The van der Waals surface area contributed by atoms with Crippen LogP contribution in [0.4, 0.5) is 5.69 Å². The molecule has 1 heterocycles. The normalized spacial score (nSPS) is 24.4. The number of aryl methyl sites for hydroxylation is 1. The van der Waals surface area contributed by atoms with E-state index in [1.165, 1.54) is 25.7 Å². The van der Waals surface area contributed by atoms with Gasteiger partial charge in [-0.15, -0.1) is 0 Å². The zero-order valence-corrected chi connectivity index (χ0v) is 21.5. The molecule has 0 bridgehead atoms. The van der Waals surface area contributed by atoms with Gasteiger partial charge in [0.15, 0.2) is 0 Å². The van der Waals surface area contributed by atoms with Crippen molar-refractivity contribution in [3.63, 3.8) is 0 Å². The van der Waals surface area contributed by atoms with Gasteiger partial charge < -0.3 is 0 Å². The molecule has 2 aromatic rings. The molecule has 0 radical (unpaired) electrons. The van der Waals surface area contributed by atoms with Crippen LogP contribution in [-0.2, 0) is 6.42 Å². The van der Waals surface area contributed by atoms with Crippen molar-refractivity contribution in [2.45, 2.75) is 54.3 Å². The fraction of sp³-hybridized carbons (Fsp3) is 0.423. The molecular weight excluding hydrogens is 497 g/mol. The van der Waals surface area contributed by atoms with E-state index in [0.29, 0.717) is 28.0 Å². The van der Waals surface area contributed by atoms with Crippen LogP contribution in [0.5, 0.6) is 0 Å². The topological polar surface area (TPSA) is 76.7 Å². The number of hydrazone groups is 1. The fourth-order valence-electron chi connectivity index (χ4n) is 6.35. The Hall–Kier alpha value is -2.28. The number of nitrogens with zero attached hydrogens (tertiary/aromatic N) is 3. The molecule has 1 N–H and O–H groups in total. The van der Waals surface area contributed by atoms with Gasteiger partial charge in [-0.05, 0) is 0 Å². The summed E-state index contributed by atoms with van der Waals surface area (Å²) in [7, 11) is 0. The first-order valence-electron chi connectivity index (χ1n) is 11.5. The fourth-order valence-corrected chi connectivity index (χ4v) is 11.6. The zero-order chi connectivity index (χ0) is 23.3. The monoisotopic (exact) mass is 523 g/mol. The summed E-state index contributed by atoms with van der Waals surface area (Å²) in [5, 5.41) is 26.9. The van der Waals surface area contributed by atoms with E-state index >= 15 is 0 Å². The van der Waals surface area contributed by atoms with Crippen LogP contribution in [0.15, 0.2) is 41.5 Å². The third-order valence-corrected chi connectivity index (χ3v) is 12.8. The quantitative estimate of drug-likeness (QED) is 0.505. The Kier molecular flexibility index (Phi) is 5.79. The van der Waals surface area contributed by atoms with Gasteiger partial charge in [0.1, 0.15) is 0 Å². The maximum absolute atomic E-state index is 11.5. The number of carbonyl (C=O) groups is 1. The molecule has 2 atom stereocenters. The SMILES string of the molecule is C[As](C)C1(C2CCCC2)C2CCc3cc(C(=O)O)ccc3C2=NN1c1ccc(C#N)c(Cl)c1. The Morgan fingerprint density at radius 3 is 2.61 bits per heavy atom. The predicted octanol–water partition coefficient (Wildman–Crippen LogP) is 5.92. The van der Waals surface area contributed by atoms with Gasteiger partial charge in [0.2, 0.25) is 0 Å². The zero-order valence-electron chi connectivity index (χ0n) is 18.9. The summed E-state index contributed by atoms with van der Waals surface area (Å²) in [4.78, 5) is 11.5. The molecule has 1 fully saturated rings. The summed E-state index contributed by atoms with van der Waals surface area (Å²) in [5.74, 6) is 0.0126. The van der Waals surface area contributed by atoms with E-state index in [0.717, 1.165) is 35.4 Å². The summed E-state index contributed by atoms with van der Waals surface area (Å²) in [6.45, 7) is 0. The summed E-state index contributed by atoms with van der Waals surface area (Å²) >= 11 is 5.10. The van der Waals surface area contributed by atoms with Crippen molar-refractivity contribution >= 4 is 43.6 Å². The van der Waals surface area contributed by atoms with Gasteiger partial charge in [-0.25, -0.2) is 0 Å². The number of benzene rings is 2. The molecule has 1 saturated carbocycles. The molecule has 5 nitrogen and oxygen atoms in total. The number of aromatic carboxylic acids is 1. The molecule has 5 rings (SSSR count). The molecule has 0 spiro atoms. The van der Waals surface area contributed by atoms with Crippen LogP contribution in [0.3, 0.4) is 0 Å². The minimum absolute atomic E-state index is 0.0283. The second-order valence-corrected chi connectivity index (χ2v) is 15.2. The van der Waals surface area contributed by atoms with Crippen LogP contribution in [0, 0.1) is 23.2 Å². The van der Waals surface area contributed by atoms with E-state index in [2.05, 4.69) is 22.5 Å². The van der Waals surface area contributed by atoms with E-state index in [1.807, 2.05) is 24.3 Å². The molecule has 0 saturated heterocycles. The van der Waals surface area contributed by atoms with Gasteiger partial charge in [-0.2, -0.15) is 0 Å². The van der Waals surface area contributed by atoms with Crippen molar-refractivity contribution in [1.29, 1.82) is 5.26 Å². The maximum atomic E-state index is 11.5. The number of nitriles is 1. The first-order chi connectivity index (χ1) is 15.9. The second-order valence-electron chi connectivity index (χ2n) is 9.50. The summed E-state index contributed by atoms with van der Waals surface area (Å²) in [6.07, 6.45) is 6.82. The Morgan fingerprint density at radius 2 is 1.97 bits per heavy atom. The standard InChI is InChI=1S/C26H27AsClN3O2/c1-27(2)26(19-5-3-4-6-19)22-12-9-16-13-17(25(32)33)8-11-21(16)24(22)30-31(26)20-10-7-18(15-29)23(28)14-20/h7-8,10-11,13-14,19,22H,3-6,9,12H2,1-2H3,(H,32,33). The van der Waals surface area contributed by atoms with Crippen molar-refractivity contribution < 1.29 is 9.90 Å². The molecule has 2 aliphatic carbocycles. The summed E-state index contributed by atoms with van der Waals surface area (Å²) < 4.78 is -0.0283. The van der Waals surface area contributed by atoms with Crippen molar-refractivity contribution in [2.75, 3.05) is 5.01 Å². The number of carboxylic acid groups (broad SMARTS) is 1. The van der Waals surface area contributed by atoms with Crippen LogP contribution in [0.2, 0.25) is 16.4 Å². The Morgan fingerprint density at radius 1 is 1.21 bits per heavy atom. The van der Waals surface area contributed by atoms with Gasteiger partial charge in [-0.1, -0.05) is 0 Å². The minimum atomic E-state index is -1.38.